The Hall–Kier alpha value is -1.59. The summed E-state index contributed by atoms with van der Waals surface area (Å²) in [5, 5.41) is 17.1. The van der Waals surface area contributed by atoms with Gasteiger partial charge < -0.3 is 15.0 Å². The first-order chi connectivity index (χ1) is 9.86. The molecule has 4 nitrogen and oxygen atoms in total. The Morgan fingerprint density at radius 3 is 2.71 bits per heavy atom. The highest BCUT2D eigenvalue weighted by Crippen LogP contribution is 2.22. The molecule has 0 saturated heterocycles. The Morgan fingerprint density at radius 1 is 1.48 bits per heavy atom. The van der Waals surface area contributed by atoms with Gasteiger partial charge in [0.25, 0.3) is 5.91 Å². The third-order valence-electron chi connectivity index (χ3n) is 3.87. The van der Waals surface area contributed by atoms with Crippen molar-refractivity contribution in [2.45, 2.75) is 39.8 Å². The largest absolute Gasteiger partial charge is 0.384 e. The van der Waals surface area contributed by atoms with Crippen molar-refractivity contribution in [1.29, 1.82) is 0 Å². The molecule has 2 aromatic rings. The van der Waals surface area contributed by atoms with Crippen molar-refractivity contribution in [3.05, 3.63) is 45.4 Å². The first-order valence-corrected chi connectivity index (χ1v) is 8.01. The normalized spacial score (nSPS) is 14.0. The monoisotopic (exact) mass is 306 g/mol. The zero-order chi connectivity index (χ0) is 15.6. The van der Waals surface area contributed by atoms with E-state index in [-0.39, 0.29) is 12.5 Å². The molecule has 0 bridgehead atoms. The molecule has 0 aromatic carbocycles. The Bertz CT molecular complexity index is 627. The highest BCUT2D eigenvalue weighted by Gasteiger charge is 2.25. The minimum atomic E-state index is -1.05. The number of aliphatic hydroxyl groups is 1. The van der Waals surface area contributed by atoms with E-state index in [0.29, 0.717) is 5.56 Å². The highest BCUT2D eigenvalue weighted by atomic mass is 32.1. The highest BCUT2D eigenvalue weighted by molar-refractivity contribution is 7.08. The third kappa shape index (κ3) is 3.19. The van der Waals surface area contributed by atoms with Crippen LogP contribution < -0.4 is 5.32 Å². The van der Waals surface area contributed by atoms with E-state index in [0.717, 1.165) is 23.5 Å². The number of nitrogens with zero attached hydrogens (tertiary/aromatic N) is 1. The number of hydrogen-bond donors (Lipinski definition) is 2. The SMILES string of the molecule is CCn1c(C)cc(C(=O)NCC(C)(O)c2ccsc2)c1C. The fraction of sp³-hybridized carbons (Fsp3) is 0.438. The summed E-state index contributed by atoms with van der Waals surface area (Å²) in [5.41, 5.74) is 2.49. The molecule has 5 heteroatoms. The van der Waals surface area contributed by atoms with E-state index >= 15 is 0 Å². The van der Waals surface area contributed by atoms with Gasteiger partial charge >= 0.3 is 0 Å². The van der Waals surface area contributed by atoms with E-state index in [1.807, 2.05) is 36.7 Å². The van der Waals surface area contributed by atoms with E-state index in [2.05, 4.69) is 16.8 Å². The van der Waals surface area contributed by atoms with Gasteiger partial charge in [-0.3, -0.25) is 4.79 Å². The Kier molecular flexibility index (Phi) is 4.54. The molecule has 2 aromatic heterocycles. The summed E-state index contributed by atoms with van der Waals surface area (Å²) in [6.07, 6.45) is 0. The fourth-order valence-corrected chi connectivity index (χ4v) is 3.32. The molecule has 0 aliphatic carbocycles. The van der Waals surface area contributed by atoms with Gasteiger partial charge in [-0.25, -0.2) is 0 Å². The average Bonchev–Trinajstić information content (AvgIpc) is 3.05. The van der Waals surface area contributed by atoms with Crippen molar-refractivity contribution in [1.82, 2.24) is 9.88 Å². The van der Waals surface area contributed by atoms with Gasteiger partial charge in [0.15, 0.2) is 0 Å². The summed E-state index contributed by atoms with van der Waals surface area (Å²) < 4.78 is 2.10. The standard InChI is InChI=1S/C16H22N2O2S/c1-5-18-11(2)8-14(12(18)3)15(19)17-10-16(4,20)13-6-7-21-9-13/h6-9,20H,5,10H2,1-4H3,(H,17,19). The number of thiophene rings is 1. The van der Waals surface area contributed by atoms with Crippen LogP contribution >= 0.6 is 11.3 Å². The number of carbonyl (C=O) groups excluding carboxylic acids is 1. The summed E-state index contributed by atoms with van der Waals surface area (Å²) in [4.78, 5) is 12.3. The minimum absolute atomic E-state index is 0.140. The molecule has 21 heavy (non-hydrogen) atoms. The molecule has 0 radical (unpaired) electrons. The first kappa shape index (κ1) is 15.8. The van der Waals surface area contributed by atoms with Crippen LogP contribution in [0.4, 0.5) is 0 Å². The van der Waals surface area contributed by atoms with Gasteiger partial charge in [0.1, 0.15) is 5.60 Å². The lowest BCUT2D eigenvalue weighted by molar-refractivity contribution is 0.0530. The molecule has 0 aliphatic rings. The first-order valence-electron chi connectivity index (χ1n) is 7.06. The molecular weight excluding hydrogens is 284 g/mol. The lowest BCUT2D eigenvalue weighted by Gasteiger charge is -2.22. The summed E-state index contributed by atoms with van der Waals surface area (Å²) in [5.74, 6) is -0.140. The number of amides is 1. The quantitative estimate of drug-likeness (QED) is 0.892. The summed E-state index contributed by atoms with van der Waals surface area (Å²) in [6, 6.07) is 3.77. The summed E-state index contributed by atoms with van der Waals surface area (Å²) in [6.45, 7) is 8.75. The van der Waals surface area contributed by atoms with Crippen molar-refractivity contribution in [2.24, 2.45) is 0 Å². The molecule has 2 rings (SSSR count). The topological polar surface area (TPSA) is 54.3 Å². The molecule has 0 aliphatic heterocycles. The molecule has 1 amide bonds. The second-order valence-corrected chi connectivity index (χ2v) is 6.28. The van der Waals surface area contributed by atoms with E-state index in [4.69, 9.17) is 0 Å². The third-order valence-corrected chi connectivity index (χ3v) is 4.55. The predicted molar refractivity (Wildman–Crippen MR) is 85.8 cm³/mol. The maximum Gasteiger partial charge on any atom is 0.253 e. The second-order valence-electron chi connectivity index (χ2n) is 5.50. The lowest BCUT2D eigenvalue weighted by Crippen LogP contribution is -2.38. The average molecular weight is 306 g/mol. The maximum atomic E-state index is 12.3. The number of rotatable bonds is 5. The van der Waals surface area contributed by atoms with Crippen LogP contribution in [0.1, 0.15) is 41.2 Å². The molecule has 114 valence electrons. The number of nitrogens with one attached hydrogen (secondary N) is 1. The molecule has 2 N–H and O–H groups in total. The smallest absolute Gasteiger partial charge is 0.253 e. The molecule has 0 spiro atoms. The van der Waals surface area contributed by atoms with Gasteiger partial charge in [-0.2, -0.15) is 11.3 Å². The predicted octanol–water partition coefficient (Wildman–Crippen LogP) is 2.82. The van der Waals surface area contributed by atoms with Crippen molar-refractivity contribution in [3.63, 3.8) is 0 Å². The molecule has 0 fully saturated rings. The van der Waals surface area contributed by atoms with Gasteiger partial charge in [-0.1, -0.05) is 0 Å². The zero-order valence-corrected chi connectivity index (χ0v) is 13.8. The van der Waals surface area contributed by atoms with Crippen LogP contribution in [0, 0.1) is 13.8 Å². The molecule has 0 saturated carbocycles. The van der Waals surface area contributed by atoms with E-state index in [9.17, 15) is 9.90 Å². The van der Waals surface area contributed by atoms with Gasteiger partial charge in [0.05, 0.1) is 12.1 Å². The van der Waals surface area contributed by atoms with Crippen molar-refractivity contribution < 1.29 is 9.90 Å². The number of carbonyl (C=O) groups is 1. The van der Waals surface area contributed by atoms with E-state index < -0.39 is 5.60 Å². The van der Waals surface area contributed by atoms with Gasteiger partial charge in [0, 0.05) is 17.9 Å². The number of hydrogen-bond acceptors (Lipinski definition) is 3. The molecule has 2 heterocycles. The van der Waals surface area contributed by atoms with E-state index in [1.165, 1.54) is 11.3 Å². The van der Waals surface area contributed by atoms with Crippen LogP contribution in [0.5, 0.6) is 0 Å². The van der Waals surface area contributed by atoms with Crippen LogP contribution in [0.2, 0.25) is 0 Å². The van der Waals surface area contributed by atoms with Gasteiger partial charge in [-0.15, -0.1) is 0 Å². The van der Waals surface area contributed by atoms with Crippen LogP contribution in [-0.2, 0) is 12.1 Å². The lowest BCUT2D eigenvalue weighted by atomic mass is 9.99. The van der Waals surface area contributed by atoms with Crippen molar-refractivity contribution in [3.8, 4) is 0 Å². The number of aryl methyl sites for hydroxylation is 1. The zero-order valence-electron chi connectivity index (χ0n) is 12.9. The van der Waals surface area contributed by atoms with E-state index in [1.54, 1.807) is 6.92 Å². The van der Waals surface area contributed by atoms with Crippen molar-refractivity contribution >= 4 is 17.2 Å². The Labute approximate surface area is 129 Å². The van der Waals surface area contributed by atoms with Crippen LogP contribution in [0.25, 0.3) is 0 Å². The Balaban J connectivity index is 2.09. The summed E-state index contributed by atoms with van der Waals surface area (Å²) in [7, 11) is 0. The summed E-state index contributed by atoms with van der Waals surface area (Å²) >= 11 is 1.53. The Morgan fingerprint density at radius 2 is 2.19 bits per heavy atom. The minimum Gasteiger partial charge on any atom is -0.384 e. The second kappa shape index (κ2) is 6.03. The van der Waals surface area contributed by atoms with Gasteiger partial charge in [0.2, 0.25) is 0 Å². The van der Waals surface area contributed by atoms with Crippen LogP contribution in [-0.4, -0.2) is 22.1 Å². The molecule has 1 unspecified atom stereocenters. The molecular formula is C16H22N2O2S. The van der Waals surface area contributed by atoms with Crippen LogP contribution in [0.15, 0.2) is 22.9 Å². The van der Waals surface area contributed by atoms with Crippen molar-refractivity contribution in [2.75, 3.05) is 6.54 Å². The van der Waals surface area contributed by atoms with Crippen LogP contribution in [0.3, 0.4) is 0 Å². The number of aromatic nitrogens is 1. The maximum absolute atomic E-state index is 12.3. The van der Waals surface area contributed by atoms with Gasteiger partial charge in [-0.05, 0) is 56.2 Å². The molecule has 1 atom stereocenters. The fourth-order valence-electron chi connectivity index (χ4n) is 2.54.